The number of aromatic nitrogens is 2. The van der Waals surface area contributed by atoms with Gasteiger partial charge in [0.1, 0.15) is 6.61 Å². The van der Waals surface area contributed by atoms with E-state index in [-0.39, 0.29) is 5.28 Å². The Morgan fingerprint density at radius 1 is 1.42 bits per heavy atom. The Balaban J connectivity index is 1.92. The Bertz CT molecular complexity index is 470. The van der Waals surface area contributed by atoms with Gasteiger partial charge >= 0.3 is 0 Å². The summed E-state index contributed by atoms with van der Waals surface area (Å²) in [4.78, 5) is 13.1. The number of likely N-dealkylation sites (tertiary alicyclic amines) is 1. The number of hydrogen-bond donors (Lipinski definition) is 0. The number of halogens is 1. The van der Waals surface area contributed by atoms with Crippen molar-refractivity contribution in [2.24, 2.45) is 0 Å². The van der Waals surface area contributed by atoms with Crippen LogP contribution in [0.3, 0.4) is 0 Å². The number of piperidine rings is 1. The third-order valence-electron chi connectivity index (χ3n) is 4.23. The van der Waals surface area contributed by atoms with Gasteiger partial charge in [0.2, 0.25) is 5.28 Å². The molecule has 0 aliphatic carbocycles. The van der Waals surface area contributed by atoms with Crippen LogP contribution in [-0.2, 0) is 0 Å². The lowest BCUT2D eigenvalue weighted by molar-refractivity contribution is 0.162. The van der Waals surface area contributed by atoms with Crippen LogP contribution in [0.5, 0.6) is 5.75 Å². The van der Waals surface area contributed by atoms with Gasteiger partial charge in [-0.1, -0.05) is 0 Å². The van der Waals surface area contributed by atoms with Crippen LogP contribution in [0.15, 0.2) is 6.20 Å². The summed E-state index contributed by atoms with van der Waals surface area (Å²) in [5, 5.41) is 0.283. The van der Waals surface area contributed by atoms with Gasteiger partial charge in [0.05, 0.1) is 12.7 Å². The highest BCUT2D eigenvalue weighted by Gasteiger charge is 2.34. The zero-order valence-corrected chi connectivity index (χ0v) is 12.1. The van der Waals surface area contributed by atoms with E-state index in [9.17, 15) is 0 Å². The van der Waals surface area contributed by atoms with Crippen LogP contribution in [0.1, 0.15) is 19.8 Å². The fourth-order valence-corrected chi connectivity index (χ4v) is 3.16. The number of nitrogens with zero attached hydrogens (tertiary/aromatic N) is 4. The van der Waals surface area contributed by atoms with Crippen molar-refractivity contribution >= 4 is 17.4 Å². The fourth-order valence-electron chi connectivity index (χ4n) is 3.04. The molecule has 0 radical (unpaired) electrons. The molecule has 3 heterocycles. The molecule has 19 heavy (non-hydrogen) atoms. The molecular formula is C13H19ClN4O. The first-order valence-electron chi connectivity index (χ1n) is 6.79. The number of ether oxygens (including phenoxy) is 1. The van der Waals surface area contributed by atoms with Crippen LogP contribution >= 0.6 is 11.6 Å². The molecule has 0 unspecified atom stereocenters. The Hall–Kier alpha value is -1.07. The zero-order chi connectivity index (χ0) is 13.4. The minimum Gasteiger partial charge on any atom is -0.486 e. The highest BCUT2D eigenvalue weighted by molar-refractivity contribution is 6.28. The summed E-state index contributed by atoms with van der Waals surface area (Å²) in [5.41, 5.74) is 0. The molecule has 2 aliphatic rings. The normalized spacial score (nSPS) is 27.8. The molecule has 0 spiro atoms. The second kappa shape index (κ2) is 5.13. The summed E-state index contributed by atoms with van der Waals surface area (Å²) >= 11 is 5.93. The van der Waals surface area contributed by atoms with Crippen molar-refractivity contribution in [3.63, 3.8) is 0 Å². The smallest absolute Gasteiger partial charge is 0.224 e. The highest BCUT2D eigenvalue weighted by Crippen LogP contribution is 2.34. The third-order valence-corrected chi connectivity index (χ3v) is 4.41. The van der Waals surface area contributed by atoms with Crippen LogP contribution in [0.4, 0.5) is 5.82 Å². The number of likely N-dealkylation sites (N-methyl/N-ethyl adjacent to an activating group) is 1. The van der Waals surface area contributed by atoms with Crippen LogP contribution in [-0.4, -0.2) is 53.7 Å². The van der Waals surface area contributed by atoms with E-state index in [0.717, 1.165) is 18.1 Å². The van der Waals surface area contributed by atoms with Gasteiger partial charge in [0, 0.05) is 12.1 Å². The molecule has 0 saturated carbocycles. The Kier molecular flexibility index (Phi) is 3.50. The van der Waals surface area contributed by atoms with E-state index in [1.54, 1.807) is 6.20 Å². The van der Waals surface area contributed by atoms with Gasteiger partial charge in [-0.3, -0.25) is 0 Å². The fraction of sp³-hybridized carbons (Fsp3) is 0.692. The summed E-state index contributed by atoms with van der Waals surface area (Å²) in [6.45, 7) is 5.00. The van der Waals surface area contributed by atoms with E-state index in [1.165, 1.54) is 19.4 Å². The first-order valence-corrected chi connectivity index (χ1v) is 7.17. The maximum atomic E-state index is 5.93. The van der Waals surface area contributed by atoms with E-state index < -0.39 is 0 Å². The van der Waals surface area contributed by atoms with E-state index in [1.807, 2.05) is 0 Å². The maximum Gasteiger partial charge on any atom is 0.224 e. The molecule has 2 atom stereocenters. The van der Waals surface area contributed by atoms with Crippen molar-refractivity contribution in [3.8, 4) is 5.75 Å². The quantitative estimate of drug-likeness (QED) is 0.735. The van der Waals surface area contributed by atoms with Crippen molar-refractivity contribution in [2.75, 3.05) is 31.6 Å². The lowest BCUT2D eigenvalue weighted by Gasteiger charge is -2.45. The van der Waals surface area contributed by atoms with Crippen LogP contribution in [0, 0.1) is 0 Å². The van der Waals surface area contributed by atoms with Crippen LogP contribution in [0.2, 0.25) is 5.28 Å². The molecule has 0 bridgehead atoms. The number of hydrogen-bond acceptors (Lipinski definition) is 5. The first kappa shape index (κ1) is 12.9. The molecule has 0 amide bonds. The second-order valence-corrected chi connectivity index (χ2v) is 5.64. The van der Waals surface area contributed by atoms with Crippen molar-refractivity contribution in [1.82, 2.24) is 14.9 Å². The molecule has 104 valence electrons. The molecule has 6 heteroatoms. The number of anilines is 1. The average Bonchev–Trinajstić information content (AvgIpc) is 2.41. The van der Waals surface area contributed by atoms with Gasteiger partial charge in [-0.05, 0) is 45.0 Å². The lowest BCUT2D eigenvalue weighted by Crippen LogP contribution is -2.55. The van der Waals surface area contributed by atoms with Crippen molar-refractivity contribution < 1.29 is 4.74 Å². The molecule has 1 aromatic heterocycles. The number of rotatable bonds is 1. The topological polar surface area (TPSA) is 41.5 Å². The van der Waals surface area contributed by atoms with Gasteiger partial charge < -0.3 is 14.5 Å². The SMILES string of the molecule is C[C@@H]1[C@H](N2CCOc3cnc(Cl)nc32)CCCN1C. The van der Waals surface area contributed by atoms with Gasteiger partial charge in [0.15, 0.2) is 11.6 Å². The monoisotopic (exact) mass is 282 g/mol. The predicted octanol–water partition coefficient (Wildman–Crippen LogP) is 1.81. The summed E-state index contributed by atoms with van der Waals surface area (Å²) in [5.74, 6) is 1.59. The van der Waals surface area contributed by atoms with E-state index >= 15 is 0 Å². The van der Waals surface area contributed by atoms with Gasteiger partial charge in [-0.15, -0.1) is 0 Å². The molecule has 1 fully saturated rings. The van der Waals surface area contributed by atoms with E-state index in [2.05, 4.69) is 33.7 Å². The largest absolute Gasteiger partial charge is 0.486 e. The van der Waals surface area contributed by atoms with Crippen molar-refractivity contribution in [3.05, 3.63) is 11.5 Å². The maximum absolute atomic E-state index is 5.93. The summed E-state index contributed by atoms with van der Waals surface area (Å²) in [6.07, 6.45) is 4.08. The Labute approximate surface area is 118 Å². The molecule has 0 N–H and O–H groups in total. The zero-order valence-electron chi connectivity index (χ0n) is 11.3. The number of fused-ring (bicyclic) bond motifs is 1. The van der Waals surface area contributed by atoms with Crippen molar-refractivity contribution in [1.29, 1.82) is 0 Å². The minimum atomic E-state index is 0.283. The Morgan fingerprint density at radius 3 is 3.11 bits per heavy atom. The van der Waals surface area contributed by atoms with Gasteiger partial charge in [-0.2, -0.15) is 4.98 Å². The average molecular weight is 283 g/mol. The van der Waals surface area contributed by atoms with E-state index in [0.29, 0.717) is 18.7 Å². The predicted molar refractivity (Wildman–Crippen MR) is 75.0 cm³/mol. The summed E-state index contributed by atoms with van der Waals surface area (Å²) < 4.78 is 5.62. The highest BCUT2D eigenvalue weighted by atomic mass is 35.5. The van der Waals surface area contributed by atoms with Crippen LogP contribution in [0.25, 0.3) is 0 Å². The molecular weight excluding hydrogens is 264 g/mol. The first-order chi connectivity index (χ1) is 9.16. The summed E-state index contributed by atoms with van der Waals surface area (Å²) in [6, 6.07) is 0.973. The molecule has 3 rings (SSSR count). The van der Waals surface area contributed by atoms with Gasteiger partial charge in [-0.25, -0.2) is 4.98 Å². The van der Waals surface area contributed by atoms with Crippen LogP contribution < -0.4 is 9.64 Å². The standard InChI is InChI=1S/C13H19ClN4O/c1-9-10(4-3-5-17(9)2)18-6-7-19-11-8-15-13(14)16-12(11)18/h8-10H,3-7H2,1-2H3/t9-,10-/m1/s1. The molecule has 1 aromatic rings. The molecule has 0 aromatic carbocycles. The third kappa shape index (κ3) is 2.37. The second-order valence-electron chi connectivity index (χ2n) is 5.30. The summed E-state index contributed by atoms with van der Waals surface area (Å²) in [7, 11) is 2.19. The molecule has 2 aliphatic heterocycles. The van der Waals surface area contributed by atoms with Crippen molar-refractivity contribution in [2.45, 2.75) is 31.8 Å². The Morgan fingerprint density at radius 2 is 2.26 bits per heavy atom. The van der Waals surface area contributed by atoms with Gasteiger partial charge in [0.25, 0.3) is 0 Å². The minimum absolute atomic E-state index is 0.283. The van der Waals surface area contributed by atoms with E-state index in [4.69, 9.17) is 16.3 Å². The lowest BCUT2D eigenvalue weighted by atomic mass is 9.96. The molecule has 5 nitrogen and oxygen atoms in total. The molecule has 1 saturated heterocycles.